The summed E-state index contributed by atoms with van der Waals surface area (Å²) >= 11 is 3.42. The fourth-order valence-corrected chi connectivity index (χ4v) is 4.51. The quantitative estimate of drug-likeness (QED) is 0.713. The van der Waals surface area contributed by atoms with Gasteiger partial charge in [0.25, 0.3) is 5.91 Å². The largest absolute Gasteiger partial charge is 0.367 e. The van der Waals surface area contributed by atoms with Crippen molar-refractivity contribution in [3.63, 3.8) is 0 Å². The third-order valence-electron chi connectivity index (χ3n) is 5.80. The highest BCUT2D eigenvalue weighted by molar-refractivity contribution is 9.10. The van der Waals surface area contributed by atoms with Crippen LogP contribution in [0.25, 0.3) is 0 Å². The van der Waals surface area contributed by atoms with E-state index in [1.165, 1.54) is 6.07 Å². The summed E-state index contributed by atoms with van der Waals surface area (Å²) in [6.45, 7) is 5.03. The Hall–Kier alpha value is -1.92. The summed E-state index contributed by atoms with van der Waals surface area (Å²) in [7, 11) is 0. The molecule has 2 aliphatic rings. The van der Waals surface area contributed by atoms with Crippen LogP contribution in [-0.4, -0.2) is 61.0 Å². The molecule has 0 aliphatic carbocycles. The maximum Gasteiger partial charge on any atom is 0.253 e. The van der Waals surface area contributed by atoms with Gasteiger partial charge < -0.3 is 9.80 Å². The van der Waals surface area contributed by atoms with E-state index in [2.05, 4.69) is 25.7 Å². The van der Waals surface area contributed by atoms with Crippen molar-refractivity contribution in [2.45, 2.75) is 18.9 Å². The molecule has 0 radical (unpaired) electrons. The van der Waals surface area contributed by atoms with Crippen molar-refractivity contribution in [1.82, 2.24) is 9.80 Å². The Morgan fingerprint density at radius 1 is 0.964 bits per heavy atom. The second-order valence-electron chi connectivity index (χ2n) is 7.53. The van der Waals surface area contributed by atoms with E-state index in [4.69, 9.17) is 0 Å². The van der Waals surface area contributed by atoms with Gasteiger partial charge in [0.15, 0.2) is 0 Å². The zero-order valence-electron chi connectivity index (χ0n) is 15.9. The number of piperidine rings is 1. The summed E-state index contributed by atoms with van der Waals surface area (Å²) in [5.41, 5.74) is 1.44. The summed E-state index contributed by atoms with van der Waals surface area (Å²) < 4.78 is 15.0. The number of hydrogen-bond acceptors (Lipinski definition) is 3. The van der Waals surface area contributed by atoms with E-state index in [0.717, 1.165) is 62.1 Å². The van der Waals surface area contributed by atoms with Gasteiger partial charge in [-0.2, -0.15) is 0 Å². The van der Waals surface area contributed by atoms with E-state index >= 15 is 0 Å². The van der Waals surface area contributed by atoms with Gasteiger partial charge in [0.05, 0.1) is 5.69 Å². The van der Waals surface area contributed by atoms with Crippen molar-refractivity contribution in [2.75, 3.05) is 44.2 Å². The number of nitrogens with zero attached hydrogens (tertiary/aromatic N) is 3. The standard InChI is InChI=1S/C22H25BrFN3O/c23-18-9-7-17(8-10-18)22(28)27-11-3-4-19(16-27)25-12-14-26(15-13-25)21-6-2-1-5-20(21)24/h1-2,5-10,19H,3-4,11-16H2. The molecule has 4 rings (SSSR count). The van der Waals surface area contributed by atoms with Crippen molar-refractivity contribution in [3.8, 4) is 0 Å². The van der Waals surface area contributed by atoms with Crippen LogP contribution in [-0.2, 0) is 0 Å². The Balaban J connectivity index is 1.36. The highest BCUT2D eigenvalue weighted by atomic mass is 79.9. The number of piperazine rings is 1. The van der Waals surface area contributed by atoms with Crippen LogP contribution in [0.15, 0.2) is 53.0 Å². The normalized spacial score (nSPS) is 21.0. The lowest BCUT2D eigenvalue weighted by Crippen LogP contribution is -2.56. The van der Waals surface area contributed by atoms with Gasteiger partial charge in [-0.1, -0.05) is 28.1 Å². The van der Waals surface area contributed by atoms with Crippen molar-refractivity contribution < 1.29 is 9.18 Å². The van der Waals surface area contributed by atoms with Crippen molar-refractivity contribution >= 4 is 27.5 Å². The minimum absolute atomic E-state index is 0.113. The molecule has 4 nitrogen and oxygen atoms in total. The van der Waals surface area contributed by atoms with Crippen molar-refractivity contribution in [3.05, 3.63) is 64.4 Å². The maximum atomic E-state index is 14.0. The molecule has 1 amide bonds. The van der Waals surface area contributed by atoms with E-state index < -0.39 is 0 Å². The second kappa shape index (κ2) is 8.62. The summed E-state index contributed by atoms with van der Waals surface area (Å²) in [5.74, 6) is -0.0397. The molecule has 6 heteroatoms. The Morgan fingerprint density at radius 3 is 2.39 bits per heavy atom. The first-order chi connectivity index (χ1) is 13.6. The Morgan fingerprint density at radius 2 is 1.68 bits per heavy atom. The van der Waals surface area contributed by atoms with Gasteiger partial charge in [0.1, 0.15) is 5.82 Å². The smallest absolute Gasteiger partial charge is 0.253 e. The van der Waals surface area contributed by atoms with Crippen LogP contribution in [0.4, 0.5) is 10.1 Å². The molecular formula is C22H25BrFN3O. The number of hydrogen-bond donors (Lipinski definition) is 0. The summed E-state index contributed by atoms with van der Waals surface area (Å²) in [6.07, 6.45) is 2.14. The molecule has 1 unspecified atom stereocenters. The minimum atomic E-state index is -0.153. The van der Waals surface area contributed by atoms with E-state index in [9.17, 15) is 9.18 Å². The van der Waals surface area contributed by atoms with E-state index in [-0.39, 0.29) is 11.7 Å². The van der Waals surface area contributed by atoms with Gasteiger partial charge in [0, 0.05) is 55.3 Å². The topological polar surface area (TPSA) is 26.8 Å². The molecular weight excluding hydrogens is 421 g/mol. The van der Waals surface area contributed by atoms with E-state index in [0.29, 0.717) is 11.7 Å². The maximum absolute atomic E-state index is 14.0. The molecule has 2 aliphatic heterocycles. The van der Waals surface area contributed by atoms with Crippen molar-refractivity contribution in [2.24, 2.45) is 0 Å². The van der Waals surface area contributed by atoms with Crippen LogP contribution in [0.1, 0.15) is 23.2 Å². The predicted octanol–water partition coefficient (Wildman–Crippen LogP) is 4.02. The summed E-state index contributed by atoms with van der Waals surface area (Å²) in [6, 6.07) is 15.0. The van der Waals surface area contributed by atoms with Crippen LogP contribution < -0.4 is 4.90 Å². The zero-order valence-corrected chi connectivity index (χ0v) is 17.4. The number of likely N-dealkylation sites (tertiary alicyclic amines) is 1. The number of carbonyl (C=O) groups is 1. The fraction of sp³-hybridized carbons (Fsp3) is 0.409. The fourth-order valence-electron chi connectivity index (χ4n) is 4.25. The lowest BCUT2D eigenvalue weighted by Gasteiger charge is -2.44. The predicted molar refractivity (Wildman–Crippen MR) is 113 cm³/mol. The molecule has 0 aromatic heterocycles. The number of amides is 1. The molecule has 0 saturated carbocycles. The molecule has 28 heavy (non-hydrogen) atoms. The average Bonchev–Trinajstić information content (AvgIpc) is 2.74. The molecule has 2 aromatic rings. The Labute approximate surface area is 174 Å². The summed E-state index contributed by atoms with van der Waals surface area (Å²) in [4.78, 5) is 19.4. The van der Waals surface area contributed by atoms with Crippen LogP contribution in [0.5, 0.6) is 0 Å². The van der Waals surface area contributed by atoms with Crippen LogP contribution in [0.3, 0.4) is 0 Å². The van der Waals surface area contributed by atoms with Gasteiger partial charge in [0.2, 0.25) is 0 Å². The molecule has 1 atom stereocenters. The molecule has 0 spiro atoms. The van der Waals surface area contributed by atoms with Gasteiger partial charge in [-0.3, -0.25) is 9.69 Å². The molecule has 0 bridgehead atoms. The number of halogens is 2. The highest BCUT2D eigenvalue weighted by Crippen LogP contribution is 2.24. The lowest BCUT2D eigenvalue weighted by atomic mass is 10.0. The molecule has 0 N–H and O–H groups in total. The van der Waals surface area contributed by atoms with Crippen molar-refractivity contribution in [1.29, 1.82) is 0 Å². The van der Waals surface area contributed by atoms with E-state index in [1.54, 1.807) is 6.07 Å². The van der Waals surface area contributed by atoms with Crippen LogP contribution >= 0.6 is 15.9 Å². The Kier molecular flexibility index (Phi) is 5.97. The Bertz CT molecular complexity index is 821. The third kappa shape index (κ3) is 4.23. The molecule has 2 saturated heterocycles. The molecule has 2 heterocycles. The number of anilines is 1. The van der Waals surface area contributed by atoms with Gasteiger partial charge >= 0.3 is 0 Å². The lowest BCUT2D eigenvalue weighted by molar-refractivity contribution is 0.0563. The summed E-state index contributed by atoms with van der Waals surface area (Å²) in [5, 5.41) is 0. The van der Waals surface area contributed by atoms with Gasteiger partial charge in [-0.25, -0.2) is 4.39 Å². The number of carbonyl (C=O) groups excluding carboxylic acids is 1. The third-order valence-corrected chi connectivity index (χ3v) is 6.33. The second-order valence-corrected chi connectivity index (χ2v) is 8.44. The first-order valence-corrected chi connectivity index (χ1v) is 10.7. The van der Waals surface area contributed by atoms with Crippen LogP contribution in [0, 0.1) is 5.82 Å². The first kappa shape index (κ1) is 19.4. The first-order valence-electron chi connectivity index (χ1n) is 9.90. The number of benzene rings is 2. The van der Waals surface area contributed by atoms with Gasteiger partial charge in [-0.15, -0.1) is 0 Å². The molecule has 2 fully saturated rings. The van der Waals surface area contributed by atoms with E-state index in [1.807, 2.05) is 41.3 Å². The highest BCUT2D eigenvalue weighted by Gasteiger charge is 2.30. The van der Waals surface area contributed by atoms with Gasteiger partial charge in [-0.05, 0) is 49.2 Å². The number of para-hydroxylation sites is 1. The monoisotopic (exact) mass is 445 g/mol. The molecule has 148 valence electrons. The number of rotatable bonds is 3. The van der Waals surface area contributed by atoms with Crippen LogP contribution in [0.2, 0.25) is 0 Å². The SMILES string of the molecule is O=C(c1ccc(Br)cc1)N1CCCC(N2CCN(c3ccccc3F)CC2)C1. The average molecular weight is 446 g/mol. The molecule has 2 aromatic carbocycles. The zero-order chi connectivity index (χ0) is 19.5. The minimum Gasteiger partial charge on any atom is -0.367 e.